The van der Waals surface area contributed by atoms with Crippen molar-refractivity contribution in [3.05, 3.63) is 60.2 Å². The first-order chi connectivity index (χ1) is 12.7. The lowest BCUT2D eigenvalue weighted by molar-refractivity contribution is -0.136. The molecule has 0 aliphatic rings. The number of anilines is 1. The first-order valence-corrected chi connectivity index (χ1v) is 8.29. The number of rotatable bonds is 5. The van der Waals surface area contributed by atoms with Crippen molar-refractivity contribution in [1.29, 1.82) is 0 Å². The summed E-state index contributed by atoms with van der Waals surface area (Å²) in [4.78, 5) is 33.8. The lowest BCUT2D eigenvalue weighted by Crippen LogP contribution is -2.33. The number of benzene rings is 2. The Morgan fingerprint density at radius 1 is 1.04 bits per heavy atom. The van der Waals surface area contributed by atoms with Crippen LogP contribution in [0.1, 0.15) is 32.4 Å². The maximum absolute atomic E-state index is 11.3. The highest BCUT2D eigenvalue weighted by Gasteiger charge is 2.15. The highest BCUT2D eigenvalue weighted by Crippen LogP contribution is 2.19. The topological polar surface area (TPSA) is 110 Å². The number of esters is 1. The predicted molar refractivity (Wildman–Crippen MR) is 102 cm³/mol. The molecule has 144 valence electrons. The number of carboxylic acids is 1. The van der Waals surface area contributed by atoms with E-state index in [9.17, 15) is 14.4 Å². The summed E-state index contributed by atoms with van der Waals surface area (Å²) in [6.45, 7) is 4.13. The van der Waals surface area contributed by atoms with Gasteiger partial charge in [-0.15, -0.1) is 0 Å². The fraction of sp³-hybridized carbons (Fsp3) is 0.250. The van der Waals surface area contributed by atoms with Gasteiger partial charge in [-0.3, -0.25) is 14.4 Å². The number of amides is 1. The van der Waals surface area contributed by atoms with Crippen molar-refractivity contribution < 1.29 is 24.2 Å². The molecule has 0 bridgehead atoms. The van der Waals surface area contributed by atoms with Gasteiger partial charge in [0.25, 0.3) is 0 Å². The monoisotopic (exact) mass is 372 g/mol. The second kappa shape index (κ2) is 10.7. The summed E-state index contributed by atoms with van der Waals surface area (Å²) in [5.41, 5.74) is 7.24. The van der Waals surface area contributed by atoms with Gasteiger partial charge in [0.15, 0.2) is 0 Å². The van der Waals surface area contributed by atoms with Crippen molar-refractivity contribution in [2.24, 2.45) is 5.73 Å². The normalized spacial score (nSPS) is 10.8. The highest BCUT2D eigenvalue weighted by molar-refractivity contribution is 5.95. The number of hydrogen-bond donors (Lipinski definition) is 2. The first kappa shape index (κ1) is 21.9. The van der Waals surface area contributed by atoms with E-state index >= 15 is 0 Å². The van der Waals surface area contributed by atoms with Crippen LogP contribution in [0.2, 0.25) is 0 Å². The number of nitrogens with zero attached hydrogens (tertiary/aromatic N) is 1. The summed E-state index contributed by atoms with van der Waals surface area (Å²) in [5, 5.41) is 8.70. The zero-order chi connectivity index (χ0) is 20.4. The van der Waals surface area contributed by atoms with Gasteiger partial charge in [-0.2, -0.15) is 0 Å². The lowest BCUT2D eigenvalue weighted by atomic mass is 10.1. The predicted octanol–water partition coefficient (Wildman–Crippen LogP) is 2.76. The molecule has 2 rings (SSSR count). The summed E-state index contributed by atoms with van der Waals surface area (Å²) in [7, 11) is 0. The summed E-state index contributed by atoms with van der Waals surface area (Å²) < 4.78 is 4.83. The minimum Gasteiger partial charge on any atom is -0.480 e. The molecule has 1 atom stereocenters. The van der Waals surface area contributed by atoms with Gasteiger partial charge in [-0.25, -0.2) is 0 Å². The van der Waals surface area contributed by atoms with Crippen molar-refractivity contribution >= 4 is 23.5 Å². The smallest absolute Gasteiger partial charge is 0.323 e. The number of hydrogen-bond acceptors (Lipinski definition) is 5. The van der Waals surface area contributed by atoms with Crippen molar-refractivity contribution in [2.45, 2.75) is 26.8 Å². The lowest BCUT2D eigenvalue weighted by Gasteiger charge is -2.18. The summed E-state index contributed by atoms with van der Waals surface area (Å²) in [5.74, 6) is -1.59. The third-order valence-electron chi connectivity index (χ3n) is 3.41. The molecule has 2 aromatic rings. The van der Waals surface area contributed by atoms with Crippen molar-refractivity contribution in [1.82, 2.24) is 0 Å². The van der Waals surface area contributed by atoms with Gasteiger partial charge in [0.1, 0.15) is 12.3 Å². The first-order valence-electron chi connectivity index (χ1n) is 8.29. The molecule has 7 nitrogen and oxygen atoms in total. The highest BCUT2D eigenvalue weighted by atomic mass is 16.5. The fourth-order valence-corrected chi connectivity index (χ4v) is 2.14. The number of ether oxygens (including phenoxy) is 1. The number of nitrogens with two attached hydrogens (primary N) is 1. The molecule has 0 spiro atoms. The van der Waals surface area contributed by atoms with Crippen LogP contribution in [0.25, 0.3) is 0 Å². The van der Waals surface area contributed by atoms with E-state index in [1.807, 2.05) is 37.3 Å². The number of carbonyl (C=O) groups is 3. The van der Waals surface area contributed by atoms with E-state index < -0.39 is 18.5 Å². The molecule has 2 aromatic carbocycles. The van der Waals surface area contributed by atoms with Crippen molar-refractivity contribution in [3.8, 4) is 5.75 Å². The summed E-state index contributed by atoms with van der Waals surface area (Å²) in [6.07, 6.45) is 0. The van der Waals surface area contributed by atoms with Crippen LogP contribution in [0.4, 0.5) is 5.69 Å². The largest absolute Gasteiger partial charge is 0.480 e. The Morgan fingerprint density at radius 2 is 1.59 bits per heavy atom. The van der Waals surface area contributed by atoms with E-state index in [-0.39, 0.29) is 11.9 Å². The molecule has 1 amide bonds. The molecule has 1 unspecified atom stereocenters. The molecule has 0 heterocycles. The van der Waals surface area contributed by atoms with Crippen LogP contribution in [-0.4, -0.2) is 29.5 Å². The standard InChI is InChI=1S/C12H13NO5.C8H11N/c1-8(14)13(7-12(16)17)10-3-5-11(6-4-10)18-9(2)15;1-7(9)8-5-3-2-4-6-8/h3-6H,7H2,1-2H3,(H,16,17);2-7H,9H2,1H3. The minimum absolute atomic E-state index is 0.159. The molecule has 0 fully saturated rings. The van der Waals surface area contributed by atoms with Gasteiger partial charge >= 0.3 is 11.9 Å². The Hall–Kier alpha value is -3.19. The summed E-state index contributed by atoms with van der Waals surface area (Å²) >= 11 is 0. The zero-order valence-corrected chi connectivity index (χ0v) is 15.6. The van der Waals surface area contributed by atoms with Gasteiger partial charge in [0.2, 0.25) is 5.91 Å². The van der Waals surface area contributed by atoms with Gasteiger partial charge in [-0.05, 0) is 36.8 Å². The summed E-state index contributed by atoms with van der Waals surface area (Å²) in [6, 6.07) is 16.2. The molecule has 0 aromatic heterocycles. The van der Waals surface area contributed by atoms with Crippen LogP contribution in [0, 0.1) is 0 Å². The average molecular weight is 372 g/mol. The number of carboxylic acid groups (broad SMARTS) is 1. The van der Waals surface area contributed by atoms with Gasteiger partial charge in [-0.1, -0.05) is 30.3 Å². The molecule has 3 N–H and O–H groups in total. The van der Waals surface area contributed by atoms with Gasteiger partial charge in [0.05, 0.1) is 0 Å². The van der Waals surface area contributed by atoms with Crippen LogP contribution in [0.15, 0.2) is 54.6 Å². The number of aliphatic carboxylic acids is 1. The SMILES string of the molecule is CC(=O)Oc1ccc(N(CC(=O)O)C(C)=O)cc1.CC(N)c1ccccc1. The van der Waals surface area contributed by atoms with Crippen molar-refractivity contribution in [3.63, 3.8) is 0 Å². The molecule has 0 saturated carbocycles. The Kier molecular flexibility index (Phi) is 8.68. The molecule has 0 aliphatic carbocycles. The third kappa shape index (κ3) is 8.15. The quantitative estimate of drug-likeness (QED) is 0.617. The van der Waals surface area contributed by atoms with Crippen LogP contribution >= 0.6 is 0 Å². The maximum Gasteiger partial charge on any atom is 0.323 e. The molecule has 7 heteroatoms. The molecule has 0 radical (unpaired) electrons. The minimum atomic E-state index is -1.10. The molecule has 0 aliphatic heterocycles. The Bertz CT molecular complexity index is 758. The number of carbonyl (C=O) groups excluding carboxylic acids is 2. The molecular formula is C20H24N2O5. The second-order valence-corrected chi connectivity index (χ2v) is 5.79. The van der Waals surface area contributed by atoms with Crippen LogP contribution < -0.4 is 15.4 Å². The maximum atomic E-state index is 11.3. The van der Waals surface area contributed by atoms with E-state index in [0.29, 0.717) is 11.4 Å². The van der Waals surface area contributed by atoms with Crippen molar-refractivity contribution in [2.75, 3.05) is 11.4 Å². The second-order valence-electron chi connectivity index (χ2n) is 5.79. The molecule has 0 saturated heterocycles. The van der Waals surface area contributed by atoms with E-state index in [4.69, 9.17) is 15.6 Å². The van der Waals surface area contributed by atoms with E-state index in [2.05, 4.69) is 0 Å². The fourth-order valence-electron chi connectivity index (χ4n) is 2.14. The Balaban J connectivity index is 0.000000337. The van der Waals surface area contributed by atoms with Gasteiger partial charge < -0.3 is 20.5 Å². The van der Waals surface area contributed by atoms with Crippen LogP contribution in [0.5, 0.6) is 5.75 Å². The van der Waals surface area contributed by atoms with Crippen LogP contribution in [-0.2, 0) is 14.4 Å². The van der Waals surface area contributed by atoms with Crippen LogP contribution in [0.3, 0.4) is 0 Å². The van der Waals surface area contributed by atoms with E-state index in [1.54, 1.807) is 0 Å². The average Bonchev–Trinajstić information content (AvgIpc) is 2.61. The Morgan fingerprint density at radius 3 is 1.96 bits per heavy atom. The third-order valence-corrected chi connectivity index (χ3v) is 3.41. The zero-order valence-electron chi connectivity index (χ0n) is 15.6. The van der Waals surface area contributed by atoms with E-state index in [1.165, 1.54) is 43.7 Å². The molecular weight excluding hydrogens is 348 g/mol. The Labute approximate surface area is 158 Å². The molecule has 27 heavy (non-hydrogen) atoms. The van der Waals surface area contributed by atoms with Gasteiger partial charge in [0, 0.05) is 25.6 Å². The van der Waals surface area contributed by atoms with E-state index in [0.717, 1.165) is 4.90 Å².